The van der Waals surface area contributed by atoms with E-state index in [9.17, 15) is 10.1 Å². The van der Waals surface area contributed by atoms with Crippen LogP contribution in [0.2, 0.25) is 0 Å². The molecule has 0 aromatic carbocycles. The number of piperidine rings is 1. The highest BCUT2D eigenvalue weighted by Crippen LogP contribution is 2.34. The van der Waals surface area contributed by atoms with Gasteiger partial charge < -0.3 is 16.0 Å². The molecule has 0 radical (unpaired) electrons. The van der Waals surface area contributed by atoms with Gasteiger partial charge in [0.25, 0.3) is 0 Å². The van der Waals surface area contributed by atoms with Crippen molar-refractivity contribution < 1.29 is 4.92 Å². The van der Waals surface area contributed by atoms with Gasteiger partial charge >= 0.3 is 5.69 Å². The second-order valence-electron chi connectivity index (χ2n) is 8.58. The van der Waals surface area contributed by atoms with Crippen molar-refractivity contribution in [1.29, 1.82) is 0 Å². The third-order valence-electron chi connectivity index (χ3n) is 4.78. The summed E-state index contributed by atoms with van der Waals surface area (Å²) >= 11 is 1.67. The molecule has 2 aromatic rings. The first-order valence-electron chi connectivity index (χ1n) is 9.47. The second-order valence-corrected chi connectivity index (χ2v) is 9.61. The molecule has 0 bridgehead atoms. The fraction of sp³-hybridized carbons (Fsp3) is 0.579. The van der Waals surface area contributed by atoms with E-state index in [-0.39, 0.29) is 34.4 Å². The van der Waals surface area contributed by atoms with Crippen molar-refractivity contribution in [2.45, 2.75) is 64.1 Å². The molecule has 2 aromatic heterocycles. The molecule has 152 valence electrons. The average molecular weight is 405 g/mol. The van der Waals surface area contributed by atoms with Crippen molar-refractivity contribution in [3.63, 3.8) is 0 Å². The molecule has 1 aliphatic rings. The first-order chi connectivity index (χ1) is 13.2. The predicted molar refractivity (Wildman–Crippen MR) is 113 cm³/mol. The van der Waals surface area contributed by atoms with E-state index in [1.54, 1.807) is 11.3 Å². The Morgan fingerprint density at radius 3 is 2.54 bits per heavy atom. The summed E-state index contributed by atoms with van der Waals surface area (Å²) in [7, 11) is 0. The lowest BCUT2D eigenvalue weighted by Crippen LogP contribution is -2.60. The fourth-order valence-electron chi connectivity index (χ4n) is 4.16. The number of rotatable bonds is 7. The number of thiophene rings is 1. The minimum absolute atomic E-state index is 0.0665. The van der Waals surface area contributed by atoms with E-state index >= 15 is 0 Å². The lowest BCUT2D eigenvalue weighted by molar-refractivity contribution is -0.383. The Balaban J connectivity index is 1.76. The third-order valence-corrected chi connectivity index (χ3v) is 5.72. The van der Waals surface area contributed by atoms with Gasteiger partial charge in [0.2, 0.25) is 11.6 Å². The van der Waals surface area contributed by atoms with Crippen LogP contribution in [0, 0.1) is 10.1 Å². The van der Waals surface area contributed by atoms with E-state index in [0.29, 0.717) is 6.54 Å². The number of hydrogen-bond donors (Lipinski definition) is 3. The minimum Gasteiger partial charge on any atom is -0.364 e. The van der Waals surface area contributed by atoms with Gasteiger partial charge in [-0.05, 0) is 58.4 Å². The number of nitrogens with zero attached hydrogens (tertiary/aromatic N) is 3. The van der Waals surface area contributed by atoms with Crippen molar-refractivity contribution in [1.82, 2.24) is 15.3 Å². The normalized spacial score (nSPS) is 18.6. The molecule has 0 atom stereocenters. The monoisotopic (exact) mass is 404 g/mol. The van der Waals surface area contributed by atoms with E-state index in [2.05, 4.69) is 53.6 Å². The van der Waals surface area contributed by atoms with Gasteiger partial charge in [-0.25, -0.2) is 9.97 Å². The molecule has 1 fully saturated rings. The molecule has 0 aliphatic carbocycles. The van der Waals surface area contributed by atoms with Crippen molar-refractivity contribution in [3.8, 4) is 0 Å². The molecule has 1 aliphatic heterocycles. The SMILES string of the molecule is CC1(C)CC(Nc2ncnc(NCCc3cccs3)c2[N+](=O)[O-])CC(C)(C)N1. The predicted octanol–water partition coefficient (Wildman–Crippen LogP) is 3.82. The minimum atomic E-state index is -0.410. The van der Waals surface area contributed by atoms with Crippen LogP contribution < -0.4 is 16.0 Å². The first kappa shape index (κ1) is 20.5. The highest BCUT2D eigenvalue weighted by molar-refractivity contribution is 7.09. The van der Waals surface area contributed by atoms with Crippen LogP contribution in [-0.2, 0) is 6.42 Å². The van der Waals surface area contributed by atoms with E-state index in [1.165, 1.54) is 11.2 Å². The summed E-state index contributed by atoms with van der Waals surface area (Å²) < 4.78 is 0. The topological polar surface area (TPSA) is 105 Å². The largest absolute Gasteiger partial charge is 0.364 e. The molecule has 3 heterocycles. The van der Waals surface area contributed by atoms with E-state index in [0.717, 1.165) is 19.3 Å². The first-order valence-corrected chi connectivity index (χ1v) is 10.3. The molecule has 28 heavy (non-hydrogen) atoms. The maximum atomic E-state index is 11.8. The summed E-state index contributed by atoms with van der Waals surface area (Å²) in [5.41, 5.74) is -0.228. The fourth-order valence-corrected chi connectivity index (χ4v) is 4.87. The summed E-state index contributed by atoms with van der Waals surface area (Å²) in [5, 5.41) is 23.8. The van der Waals surface area contributed by atoms with Gasteiger partial charge in [-0.1, -0.05) is 6.07 Å². The van der Waals surface area contributed by atoms with Gasteiger partial charge in [0.05, 0.1) is 4.92 Å². The van der Waals surface area contributed by atoms with Crippen LogP contribution in [0.25, 0.3) is 0 Å². The number of anilines is 2. The quantitative estimate of drug-likeness (QED) is 0.476. The molecule has 9 heteroatoms. The summed E-state index contributed by atoms with van der Waals surface area (Å²) in [6.45, 7) is 9.16. The summed E-state index contributed by atoms with van der Waals surface area (Å²) in [6.07, 6.45) is 3.86. The van der Waals surface area contributed by atoms with Crippen molar-refractivity contribution in [3.05, 3.63) is 38.8 Å². The Labute approximate surface area is 169 Å². The van der Waals surface area contributed by atoms with Crippen molar-refractivity contribution in [2.75, 3.05) is 17.2 Å². The van der Waals surface area contributed by atoms with Gasteiger partial charge in [-0.3, -0.25) is 10.1 Å². The molecule has 3 rings (SSSR count). The molecule has 3 N–H and O–H groups in total. The Morgan fingerprint density at radius 2 is 1.93 bits per heavy atom. The second kappa shape index (κ2) is 8.00. The van der Waals surface area contributed by atoms with Crippen LogP contribution in [0.15, 0.2) is 23.8 Å². The van der Waals surface area contributed by atoms with Gasteiger partial charge in [-0.15, -0.1) is 11.3 Å². The number of nitro groups is 1. The maximum Gasteiger partial charge on any atom is 0.353 e. The third kappa shape index (κ3) is 5.17. The number of nitrogens with one attached hydrogen (secondary N) is 3. The Hall–Kier alpha value is -2.26. The van der Waals surface area contributed by atoms with Crippen LogP contribution in [-0.4, -0.2) is 38.6 Å². The lowest BCUT2D eigenvalue weighted by atomic mass is 9.79. The van der Waals surface area contributed by atoms with Gasteiger partial charge in [0.1, 0.15) is 6.33 Å². The molecular formula is C19H28N6O2S. The standard InChI is InChI=1S/C19H28N6O2S/c1-18(2)10-13(11-19(3,4)24-18)23-17-15(25(26)27)16(21-12-22-17)20-8-7-14-6-5-9-28-14/h5-6,9,12-13,24H,7-8,10-11H2,1-4H3,(H2,20,21,22,23). The zero-order valence-electron chi connectivity index (χ0n) is 16.8. The van der Waals surface area contributed by atoms with Gasteiger partial charge in [-0.2, -0.15) is 0 Å². The lowest BCUT2D eigenvalue weighted by Gasteiger charge is -2.46. The van der Waals surface area contributed by atoms with Crippen LogP contribution >= 0.6 is 11.3 Å². The van der Waals surface area contributed by atoms with Gasteiger partial charge in [0, 0.05) is 28.5 Å². The number of aromatic nitrogens is 2. The van der Waals surface area contributed by atoms with Crippen molar-refractivity contribution >= 4 is 28.7 Å². The van der Waals surface area contributed by atoms with E-state index in [4.69, 9.17) is 0 Å². The molecule has 0 spiro atoms. The molecular weight excluding hydrogens is 376 g/mol. The van der Waals surface area contributed by atoms with Crippen LogP contribution in [0.5, 0.6) is 0 Å². The van der Waals surface area contributed by atoms with Crippen LogP contribution in [0.4, 0.5) is 17.3 Å². The molecule has 1 saturated heterocycles. The summed E-state index contributed by atoms with van der Waals surface area (Å²) in [4.78, 5) is 20.9. The van der Waals surface area contributed by atoms with Crippen molar-refractivity contribution in [2.24, 2.45) is 0 Å². The number of hydrogen-bond acceptors (Lipinski definition) is 8. The Kier molecular flexibility index (Phi) is 5.85. The zero-order chi connectivity index (χ0) is 20.4. The highest BCUT2D eigenvalue weighted by atomic mass is 32.1. The summed E-state index contributed by atoms with van der Waals surface area (Å²) in [5.74, 6) is 0.531. The highest BCUT2D eigenvalue weighted by Gasteiger charge is 2.38. The van der Waals surface area contributed by atoms with Crippen LogP contribution in [0.3, 0.4) is 0 Å². The smallest absolute Gasteiger partial charge is 0.353 e. The Bertz CT molecular complexity index is 806. The van der Waals surface area contributed by atoms with E-state index in [1.807, 2.05) is 17.5 Å². The van der Waals surface area contributed by atoms with Crippen LogP contribution in [0.1, 0.15) is 45.4 Å². The van der Waals surface area contributed by atoms with Gasteiger partial charge in [0.15, 0.2) is 0 Å². The average Bonchev–Trinajstić information content (AvgIpc) is 3.05. The molecule has 0 saturated carbocycles. The maximum absolute atomic E-state index is 11.8. The Morgan fingerprint density at radius 1 is 1.25 bits per heavy atom. The van der Waals surface area contributed by atoms with E-state index < -0.39 is 4.92 Å². The molecule has 0 amide bonds. The zero-order valence-corrected chi connectivity index (χ0v) is 17.6. The molecule has 8 nitrogen and oxygen atoms in total. The summed E-state index contributed by atoms with van der Waals surface area (Å²) in [6, 6.07) is 4.13. The molecule has 0 unspecified atom stereocenters.